The van der Waals surface area contributed by atoms with Gasteiger partial charge >= 0.3 is 0 Å². The van der Waals surface area contributed by atoms with E-state index in [0.29, 0.717) is 6.04 Å². The molecule has 0 aromatic carbocycles. The smallest absolute Gasteiger partial charge is 0.0416 e. The lowest BCUT2D eigenvalue weighted by Crippen LogP contribution is -2.34. The molecule has 3 heterocycles. The van der Waals surface area contributed by atoms with Gasteiger partial charge in [0.2, 0.25) is 0 Å². The van der Waals surface area contributed by atoms with E-state index in [9.17, 15) is 0 Å². The van der Waals surface area contributed by atoms with E-state index in [1.807, 2.05) is 11.3 Å². The molecular formula is C13H20N2S. The van der Waals surface area contributed by atoms with Crippen LogP contribution in [0, 0.1) is 11.8 Å². The summed E-state index contributed by atoms with van der Waals surface area (Å²) in [5, 5.41) is 5.71. The Morgan fingerprint density at radius 1 is 1.50 bits per heavy atom. The Labute approximate surface area is 102 Å². The van der Waals surface area contributed by atoms with Gasteiger partial charge in [0.25, 0.3) is 0 Å². The van der Waals surface area contributed by atoms with Gasteiger partial charge in [-0.05, 0) is 50.2 Å². The summed E-state index contributed by atoms with van der Waals surface area (Å²) < 4.78 is 0. The molecule has 1 N–H and O–H groups in total. The van der Waals surface area contributed by atoms with Crippen LogP contribution in [0.5, 0.6) is 0 Å². The summed E-state index contributed by atoms with van der Waals surface area (Å²) in [6, 6.07) is 5.77. The van der Waals surface area contributed by atoms with Crippen molar-refractivity contribution in [2.45, 2.75) is 25.9 Å². The first-order valence-electron chi connectivity index (χ1n) is 6.27. The molecule has 0 bridgehead atoms. The van der Waals surface area contributed by atoms with Crippen LogP contribution >= 0.6 is 11.3 Å². The average molecular weight is 236 g/mol. The second kappa shape index (κ2) is 4.13. The summed E-state index contributed by atoms with van der Waals surface area (Å²) in [5.41, 5.74) is 0. The number of thiophene rings is 1. The van der Waals surface area contributed by atoms with Crippen LogP contribution in [-0.4, -0.2) is 30.6 Å². The van der Waals surface area contributed by atoms with Crippen LogP contribution in [0.3, 0.4) is 0 Å². The van der Waals surface area contributed by atoms with Crippen LogP contribution in [0.2, 0.25) is 0 Å². The lowest BCUT2D eigenvalue weighted by Gasteiger charge is -2.30. The fraction of sp³-hybridized carbons (Fsp3) is 0.692. The Hall–Kier alpha value is -0.380. The normalized spacial score (nSPS) is 36.5. The molecule has 3 rings (SSSR count). The minimum Gasteiger partial charge on any atom is -0.316 e. The second-order valence-electron chi connectivity index (χ2n) is 5.21. The molecule has 88 valence electrons. The molecule has 2 aliphatic rings. The summed E-state index contributed by atoms with van der Waals surface area (Å²) >= 11 is 1.89. The predicted molar refractivity (Wildman–Crippen MR) is 68.8 cm³/mol. The minimum absolute atomic E-state index is 0.598. The van der Waals surface area contributed by atoms with Crippen molar-refractivity contribution in [3.8, 4) is 0 Å². The third kappa shape index (κ3) is 1.62. The highest BCUT2D eigenvalue weighted by atomic mass is 32.1. The van der Waals surface area contributed by atoms with Gasteiger partial charge in [-0.15, -0.1) is 11.3 Å². The zero-order valence-electron chi connectivity index (χ0n) is 10.0. The van der Waals surface area contributed by atoms with Crippen molar-refractivity contribution in [3.63, 3.8) is 0 Å². The molecule has 1 aromatic heterocycles. The molecule has 4 atom stereocenters. The minimum atomic E-state index is 0.598. The molecule has 0 spiro atoms. The maximum absolute atomic E-state index is 3.52. The molecule has 2 aliphatic heterocycles. The number of rotatable bonds is 2. The Morgan fingerprint density at radius 2 is 2.38 bits per heavy atom. The number of likely N-dealkylation sites (tertiary alicyclic amines) is 1. The van der Waals surface area contributed by atoms with Gasteiger partial charge in [-0.1, -0.05) is 6.07 Å². The fourth-order valence-electron chi connectivity index (χ4n) is 3.40. The first-order valence-corrected chi connectivity index (χ1v) is 7.15. The monoisotopic (exact) mass is 236 g/mol. The van der Waals surface area contributed by atoms with E-state index >= 15 is 0 Å². The van der Waals surface area contributed by atoms with Gasteiger partial charge in [-0.25, -0.2) is 0 Å². The van der Waals surface area contributed by atoms with Gasteiger partial charge in [0.05, 0.1) is 0 Å². The molecule has 2 nitrogen and oxygen atoms in total. The summed E-state index contributed by atoms with van der Waals surface area (Å²) in [4.78, 5) is 4.21. The zero-order valence-corrected chi connectivity index (χ0v) is 10.8. The molecule has 4 unspecified atom stereocenters. The molecular weight excluding hydrogens is 216 g/mol. The number of hydrogen-bond donors (Lipinski definition) is 1. The van der Waals surface area contributed by atoms with Crippen molar-refractivity contribution < 1.29 is 0 Å². The maximum Gasteiger partial charge on any atom is 0.0416 e. The Balaban J connectivity index is 1.77. The van der Waals surface area contributed by atoms with Gasteiger partial charge in [-0.3, -0.25) is 4.90 Å². The van der Waals surface area contributed by atoms with Crippen molar-refractivity contribution in [2.24, 2.45) is 11.8 Å². The third-order valence-corrected chi connectivity index (χ3v) is 5.48. The van der Waals surface area contributed by atoms with E-state index < -0.39 is 0 Å². The molecule has 2 saturated heterocycles. The maximum atomic E-state index is 3.52. The first kappa shape index (κ1) is 10.8. The fourth-order valence-corrected chi connectivity index (χ4v) is 4.21. The second-order valence-corrected chi connectivity index (χ2v) is 6.19. The van der Waals surface area contributed by atoms with E-state index in [0.717, 1.165) is 17.9 Å². The van der Waals surface area contributed by atoms with E-state index in [4.69, 9.17) is 0 Å². The van der Waals surface area contributed by atoms with Crippen molar-refractivity contribution in [1.82, 2.24) is 10.2 Å². The summed E-state index contributed by atoms with van der Waals surface area (Å²) in [7, 11) is 0. The molecule has 1 aromatic rings. The number of nitrogens with one attached hydrogen (secondary N) is 1. The van der Waals surface area contributed by atoms with Crippen LogP contribution in [0.4, 0.5) is 0 Å². The standard InChI is InChI=1S/C13H20N2S/c1-9-12-7-14-6-11(12)8-15(9)10(2)13-4-3-5-16-13/h3-5,9-12,14H,6-8H2,1-2H3. The number of fused-ring (bicyclic) bond motifs is 1. The van der Waals surface area contributed by atoms with E-state index in [1.54, 1.807) is 0 Å². The quantitative estimate of drug-likeness (QED) is 0.848. The molecule has 0 saturated carbocycles. The lowest BCUT2D eigenvalue weighted by molar-refractivity contribution is 0.185. The summed E-state index contributed by atoms with van der Waals surface area (Å²) in [6.07, 6.45) is 0. The molecule has 0 aliphatic carbocycles. The molecule has 0 amide bonds. The third-order valence-electron chi connectivity index (χ3n) is 4.43. The largest absolute Gasteiger partial charge is 0.316 e. The van der Waals surface area contributed by atoms with Crippen LogP contribution in [0.15, 0.2) is 17.5 Å². The van der Waals surface area contributed by atoms with Crippen molar-refractivity contribution in [3.05, 3.63) is 22.4 Å². The zero-order chi connectivity index (χ0) is 11.1. The molecule has 3 heteroatoms. The van der Waals surface area contributed by atoms with Crippen molar-refractivity contribution in [2.75, 3.05) is 19.6 Å². The average Bonchev–Trinajstić information content (AvgIpc) is 2.95. The highest BCUT2D eigenvalue weighted by Gasteiger charge is 2.43. The molecule has 16 heavy (non-hydrogen) atoms. The summed E-state index contributed by atoms with van der Waals surface area (Å²) in [5.74, 6) is 1.76. The van der Waals surface area contributed by atoms with Crippen LogP contribution in [-0.2, 0) is 0 Å². The van der Waals surface area contributed by atoms with Gasteiger partial charge in [0, 0.05) is 23.5 Å². The van der Waals surface area contributed by atoms with E-state index in [-0.39, 0.29) is 0 Å². The van der Waals surface area contributed by atoms with Crippen LogP contribution in [0.25, 0.3) is 0 Å². The van der Waals surface area contributed by atoms with Gasteiger partial charge in [0.1, 0.15) is 0 Å². The van der Waals surface area contributed by atoms with E-state index in [2.05, 4.69) is 41.6 Å². The summed E-state index contributed by atoms with van der Waals surface area (Å²) in [6.45, 7) is 8.48. The number of hydrogen-bond acceptors (Lipinski definition) is 3. The highest BCUT2D eigenvalue weighted by Crippen LogP contribution is 2.38. The molecule has 2 fully saturated rings. The first-order chi connectivity index (χ1) is 7.77. The van der Waals surface area contributed by atoms with Crippen LogP contribution < -0.4 is 5.32 Å². The Morgan fingerprint density at radius 3 is 3.06 bits per heavy atom. The lowest BCUT2D eigenvalue weighted by atomic mass is 9.95. The molecule has 0 radical (unpaired) electrons. The Kier molecular flexibility index (Phi) is 2.78. The van der Waals surface area contributed by atoms with Gasteiger partial charge < -0.3 is 5.32 Å². The SMILES string of the molecule is CC(c1cccs1)N1CC2CNCC2C1C. The van der Waals surface area contributed by atoms with Crippen LogP contribution in [0.1, 0.15) is 24.8 Å². The Bertz CT molecular complexity index is 349. The van der Waals surface area contributed by atoms with Crippen molar-refractivity contribution >= 4 is 11.3 Å². The van der Waals surface area contributed by atoms with E-state index in [1.165, 1.54) is 24.5 Å². The topological polar surface area (TPSA) is 15.3 Å². The van der Waals surface area contributed by atoms with Crippen molar-refractivity contribution in [1.29, 1.82) is 0 Å². The van der Waals surface area contributed by atoms with Gasteiger partial charge in [-0.2, -0.15) is 0 Å². The van der Waals surface area contributed by atoms with Gasteiger partial charge in [0.15, 0.2) is 0 Å². The predicted octanol–water partition coefficient (Wildman–Crippen LogP) is 2.35. The number of nitrogens with zero attached hydrogens (tertiary/aromatic N) is 1. The highest BCUT2D eigenvalue weighted by molar-refractivity contribution is 7.10.